The molecule has 0 aliphatic heterocycles. The third-order valence-electron chi connectivity index (χ3n) is 12.7. The van der Waals surface area contributed by atoms with Crippen molar-refractivity contribution < 1.29 is 32.9 Å². The normalized spacial score (nSPS) is 14.6. The molecule has 0 aromatic rings. The Hall–Kier alpha value is -2.32. The van der Waals surface area contributed by atoms with Gasteiger partial charge in [-0.05, 0) is 70.6 Å². The predicted octanol–water partition coefficient (Wildman–Crippen LogP) is 17.6. The van der Waals surface area contributed by atoms with E-state index in [0.29, 0.717) is 23.9 Å². The highest BCUT2D eigenvalue weighted by atomic mass is 31.2. The largest absolute Gasteiger partial charge is 0.472 e. The number of allylic oxidation sites excluding steroid dienone is 14. The SMILES string of the molecule is CC/C=C\C/C=C\C/C=C\C/C=C\C/C=C\C/C=C\C/C=C\CCCCCCCCCCCC(=O)NC(COP(=O)(O)OCC[N+](C)(C)C)C(O)CCCCCCCCCCCCCCCCCCC. The number of unbranched alkanes of at least 4 members (excludes halogenated alkanes) is 25. The summed E-state index contributed by atoms with van der Waals surface area (Å²) in [4.78, 5) is 23.3. The summed E-state index contributed by atoms with van der Waals surface area (Å²) in [7, 11) is 1.60. The van der Waals surface area contributed by atoms with Crippen LogP contribution in [-0.2, 0) is 18.4 Å². The fourth-order valence-electron chi connectivity index (χ4n) is 8.15. The second-order valence-electron chi connectivity index (χ2n) is 20.6. The molecule has 0 aromatic heterocycles. The average molecular weight is 1000 g/mol. The monoisotopic (exact) mass is 1000 g/mol. The summed E-state index contributed by atoms with van der Waals surface area (Å²) in [5.41, 5.74) is 0. The van der Waals surface area contributed by atoms with Gasteiger partial charge in [-0.25, -0.2) is 4.57 Å². The average Bonchev–Trinajstić information content (AvgIpc) is 3.32. The first-order valence-electron chi connectivity index (χ1n) is 29.0. The fourth-order valence-corrected chi connectivity index (χ4v) is 8.88. The number of aliphatic hydroxyl groups excluding tert-OH is 1. The van der Waals surface area contributed by atoms with Crippen LogP contribution in [0.2, 0.25) is 0 Å². The maximum atomic E-state index is 13.0. The number of phosphoric acid groups is 1. The molecule has 0 bridgehead atoms. The van der Waals surface area contributed by atoms with E-state index in [0.717, 1.165) is 89.9 Å². The number of amides is 1. The molecule has 70 heavy (non-hydrogen) atoms. The van der Waals surface area contributed by atoms with E-state index in [-0.39, 0.29) is 19.1 Å². The van der Waals surface area contributed by atoms with Crippen molar-refractivity contribution in [1.29, 1.82) is 0 Å². The minimum Gasteiger partial charge on any atom is -0.391 e. The Kier molecular flexibility index (Phi) is 49.9. The minimum atomic E-state index is -4.33. The van der Waals surface area contributed by atoms with Crippen LogP contribution in [0.5, 0.6) is 0 Å². The first-order valence-corrected chi connectivity index (χ1v) is 30.4. The quantitative estimate of drug-likeness (QED) is 0.0243. The lowest BCUT2D eigenvalue weighted by Gasteiger charge is -2.26. The van der Waals surface area contributed by atoms with Crippen molar-refractivity contribution in [3.63, 3.8) is 0 Å². The van der Waals surface area contributed by atoms with Crippen LogP contribution in [0.4, 0.5) is 0 Å². The maximum absolute atomic E-state index is 13.0. The molecule has 0 heterocycles. The molecule has 3 N–H and O–H groups in total. The maximum Gasteiger partial charge on any atom is 0.472 e. The molecule has 9 heteroatoms. The summed E-state index contributed by atoms with van der Waals surface area (Å²) in [5.74, 6) is -0.153. The summed E-state index contributed by atoms with van der Waals surface area (Å²) < 4.78 is 23.8. The number of carbonyl (C=O) groups is 1. The van der Waals surface area contributed by atoms with Gasteiger partial charge in [0, 0.05) is 6.42 Å². The summed E-state index contributed by atoms with van der Waals surface area (Å²) in [5, 5.41) is 14.1. The highest BCUT2D eigenvalue weighted by Gasteiger charge is 2.28. The number of nitrogens with one attached hydrogen (secondary N) is 1. The van der Waals surface area contributed by atoms with Crippen LogP contribution >= 0.6 is 7.82 Å². The highest BCUT2D eigenvalue weighted by Crippen LogP contribution is 2.43. The van der Waals surface area contributed by atoms with Crippen molar-refractivity contribution in [3.05, 3.63) is 85.1 Å². The van der Waals surface area contributed by atoms with Gasteiger partial charge < -0.3 is 19.8 Å². The van der Waals surface area contributed by atoms with E-state index in [4.69, 9.17) is 9.05 Å². The number of rotatable bonds is 52. The standard InChI is InChI=1S/C61H111N2O6P/c1-6-8-10-12-14-16-18-20-22-24-25-26-27-28-29-30-31-32-33-34-35-36-37-39-41-43-45-47-49-51-53-55-61(65)62-59(58-69-70(66,67)68-57-56-63(3,4)5)60(64)54-52-50-48-46-44-42-40-38-23-21-19-17-15-13-11-9-7-2/h8,10,14,16,20,22,25-26,28-29,31-32,34-35,59-60,64H,6-7,9,11-13,15,17-19,21,23-24,27,30,33,36-58H2,1-5H3,(H-,62,65,66,67)/p+1/b10-8-,16-14-,22-20-,26-25-,29-28-,32-31-,35-34-. The third-order valence-corrected chi connectivity index (χ3v) is 13.6. The Morgan fingerprint density at radius 3 is 1.26 bits per heavy atom. The zero-order chi connectivity index (χ0) is 51.3. The third kappa shape index (κ3) is 53.5. The van der Waals surface area contributed by atoms with Crippen molar-refractivity contribution in [1.82, 2.24) is 5.32 Å². The smallest absolute Gasteiger partial charge is 0.391 e. The molecule has 0 fully saturated rings. The zero-order valence-corrected chi connectivity index (χ0v) is 47.1. The number of carbonyl (C=O) groups excluding carboxylic acids is 1. The van der Waals surface area contributed by atoms with E-state index in [1.54, 1.807) is 0 Å². The zero-order valence-electron chi connectivity index (χ0n) is 46.2. The van der Waals surface area contributed by atoms with Gasteiger partial charge in [0.05, 0.1) is 39.9 Å². The number of phosphoric ester groups is 1. The van der Waals surface area contributed by atoms with Gasteiger partial charge in [-0.1, -0.05) is 253 Å². The molecular formula is C61H112N2O6P+. The van der Waals surface area contributed by atoms with Gasteiger partial charge in [0.2, 0.25) is 5.91 Å². The number of quaternary nitrogens is 1. The van der Waals surface area contributed by atoms with Crippen LogP contribution in [0.25, 0.3) is 0 Å². The Morgan fingerprint density at radius 1 is 0.500 bits per heavy atom. The molecule has 1 amide bonds. The molecule has 0 aliphatic carbocycles. The van der Waals surface area contributed by atoms with Crippen LogP contribution in [0, 0.1) is 0 Å². The van der Waals surface area contributed by atoms with Gasteiger partial charge >= 0.3 is 7.82 Å². The van der Waals surface area contributed by atoms with Gasteiger partial charge in [-0.3, -0.25) is 13.8 Å². The lowest BCUT2D eigenvalue weighted by Crippen LogP contribution is -2.46. The molecule has 8 nitrogen and oxygen atoms in total. The summed E-state index contributed by atoms with van der Waals surface area (Å²) in [6, 6.07) is -0.769. The van der Waals surface area contributed by atoms with Crippen LogP contribution in [0.3, 0.4) is 0 Å². The number of likely N-dealkylation sites (N-methyl/N-ethyl adjacent to an activating group) is 1. The molecule has 0 radical (unpaired) electrons. The second-order valence-corrected chi connectivity index (χ2v) is 22.1. The van der Waals surface area contributed by atoms with Crippen LogP contribution in [0.15, 0.2) is 85.1 Å². The fraction of sp³-hybridized carbons (Fsp3) is 0.754. The predicted molar refractivity (Wildman–Crippen MR) is 304 cm³/mol. The van der Waals surface area contributed by atoms with E-state index in [9.17, 15) is 19.4 Å². The van der Waals surface area contributed by atoms with Crippen molar-refractivity contribution >= 4 is 13.7 Å². The van der Waals surface area contributed by atoms with Gasteiger partial charge in [0.1, 0.15) is 13.2 Å². The molecule has 0 rings (SSSR count). The van der Waals surface area contributed by atoms with Gasteiger partial charge in [0.15, 0.2) is 0 Å². The Bertz CT molecular complexity index is 1410. The molecule has 3 unspecified atom stereocenters. The van der Waals surface area contributed by atoms with Gasteiger partial charge in [-0.15, -0.1) is 0 Å². The summed E-state index contributed by atoms with van der Waals surface area (Å²) in [6.07, 6.45) is 72.0. The summed E-state index contributed by atoms with van der Waals surface area (Å²) >= 11 is 0. The Morgan fingerprint density at radius 2 is 0.857 bits per heavy atom. The van der Waals surface area contributed by atoms with Gasteiger partial charge in [0.25, 0.3) is 0 Å². The topological polar surface area (TPSA) is 105 Å². The molecule has 0 saturated carbocycles. The lowest BCUT2D eigenvalue weighted by atomic mass is 10.0. The van der Waals surface area contributed by atoms with E-state index < -0.39 is 20.0 Å². The lowest BCUT2D eigenvalue weighted by molar-refractivity contribution is -0.870. The van der Waals surface area contributed by atoms with Crippen molar-refractivity contribution in [2.75, 3.05) is 40.9 Å². The molecule has 406 valence electrons. The number of nitrogens with zero attached hydrogens (tertiary/aromatic N) is 1. The first kappa shape index (κ1) is 67.7. The molecule has 0 aliphatic rings. The molecule has 3 atom stereocenters. The van der Waals surface area contributed by atoms with E-state index >= 15 is 0 Å². The van der Waals surface area contributed by atoms with E-state index in [2.05, 4.69) is 104 Å². The summed E-state index contributed by atoms with van der Waals surface area (Å²) in [6.45, 7) is 4.78. The van der Waals surface area contributed by atoms with Crippen molar-refractivity contribution in [2.24, 2.45) is 0 Å². The second kappa shape index (κ2) is 51.6. The Labute approximate surface area is 433 Å². The minimum absolute atomic E-state index is 0.0700. The Balaban J connectivity index is 4.18. The highest BCUT2D eigenvalue weighted by molar-refractivity contribution is 7.47. The number of aliphatic hydroxyl groups is 1. The molecule has 0 saturated heterocycles. The first-order chi connectivity index (χ1) is 34.0. The van der Waals surface area contributed by atoms with Crippen LogP contribution < -0.4 is 5.32 Å². The molecular weight excluding hydrogens is 888 g/mol. The van der Waals surface area contributed by atoms with Crippen LogP contribution in [0.1, 0.15) is 245 Å². The van der Waals surface area contributed by atoms with Crippen molar-refractivity contribution in [3.8, 4) is 0 Å². The molecule has 0 spiro atoms. The van der Waals surface area contributed by atoms with Gasteiger partial charge in [-0.2, -0.15) is 0 Å². The van der Waals surface area contributed by atoms with E-state index in [1.165, 1.54) is 128 Å². The van der Waals surface area contributed by atoms with Crippen LogP contribution in [-0.4, -0.2) is 73.4 Å². The number of hydrogen-bond donors (Lipinski definition) is 3. The molecule has 0 aromatic carbocycles. The number of hydrogen-bond acceptors (Lipinski definition) is 5. The van der Waals surface area contributed by atoms with Crippen molar-refractivity contribution in [2.45, 2.75) is 257 Å². The van der Waals surface area contributed by atoms with E-state index in [1.807, 2.05) is 21.1 Å².